The molecule has 0 radical (unpaired) electrons. The fraction of sp³-hybridized carbons (Fsp3) is 0.476. The highest BCUT2D eigenvalue weighted by molar-refractivity contribution is 9.10. The SMILES string of the molecule is CC(=O)[C@H](C)NP(=O)(OC[C@H]1O[C@@H](N2C=CC(=O)CC2=O)[C@](C)(F)[C@@H]1O)Oc1ccc(Br)cc1. The maximum absolute atomic E-state index is 15.4. The van der Waals surface area contributed by atoms with E-state index in [1.54, 1.807) is 12.1 Å². The van der Waals surface area contributed by atoms with Crippen LogP contribution in [0.15, 0.2) is 41.0 Å². The Kier molecular flexibility index (Phi) is 8.11. The van der Waals surface area contributed by atoms with Crippen molar-refractivity contribution in [1.82, 2.24) is 9.99 Å². The van der Waals surface area contributed by atoms with Gasteiger partial charge in [-0.1, -0.05) is 15.9 Å². The number of hydrogen-bond acceptors (Lipinski definition) is 8. The fourth-order valence-corrected chi connectivity index (χ4v) is 5.17. The predicted molar refractivity (Wildman–Crippen MR) is 121 cm³/mol. The number of benzene rings is 1. The average Bonchev–Trinajstić information content (AvgIpc) is 2.97. The summed E-state index contributed by atoms with van der Waals surface area (Å²) < 4.78 is 46.1. The van der Waals surface area contributed by atoms with Crippen LogP contribution in [0.25, 0.3) is 0 Å². The first-order chi connectivity index (χ1) is 15.8. The van der Waals surface area contributed by atoms with Crippen molar-refractivity contribution in [3.8, 4) is 5.75 Å². The zero-order chi connectivity index (χ0) is 25.3. The van der Waals surface area contributed by atoms with Gasteiger partial charge < -0.3 is 14.4 Å². The molecule has 1 fully saturated rings. The quantitative estimate of drug-likeness (QED) is 0.344. The Balaban J connectivity index is 1.77. The second-order valence-corrected chi connectivity index (χ2v) is 10.8. The van der Waals surface area contributed by atoms with Crippen molar-refractivity contribution >= 4 is 41.2 Å². The number of nitrogens with one attached hydrogen (secondary N) is 1. The first-order valence-corrected chi connectivity index (χ1v) is 12.7. The van der Waals surface area contributed by atoms with E-state index in [1.807, 2.05) is 0 Å². The molecule has 186 valence electrons. The van der Waals surface area contributed by atoms with Gasteiger partial charge >= 0.3 is 7.75 Å². The first kappa shape index (κ1) is 26.7. The smallest absolute Gasteiger partial charge is 0.413 e. The minimum Gasteiger partial charge on any atom is -0.413 e. The van der Waals surface area contributed by atoms with Crippen molar-refractivity contribution in [1.29, 1.82) is 0 Å². The molecule has 0 spiro atoms. The predicted octanol–water partition coefficient (Wildman–Crippen LogP) is 2.65. The van der Waals surface area contributed by atoms with E-state index in [1.165, 1.54) is 26.0 Å². The number of carbonyl (C=O) groups excluding carboxylic acids is 3. The van der Waals surface area contributed by atoms with Gasteiger partial charge in [0.1, 0.15) is 23.7 Å². The number of allylic oxidation sites excluding steroid dienone is 1. The van der Waals surface area contributed by atoms with E-state index in [4.69, 9.17) is 13.8 Å². The number of rotatable bonds is 9. The van der Waals surface area contributed by atoms with E-state index < -0.39 is 62.6 Å². The van der Waals surface area contributed by atoms with E-state index in [2.05, 4.69) is 21.0 Å². The van der Waals surface area contributed by atoms with Crippen molar-refractivity contribution in [2.45, 2.75) is 57.3 Å². The largest absolute Gasteiger partial charge is 0.459 e. The molecule has 13 heteroatoms. The molecule has 1 saturated heterocycles. The molecule has 2 N–H and O–H groups in total. The van der Waals surface area contributed by atoms with Crippen molar-refractivity contribution in [3.63, 3.8) is 0 Å². The van der Waals surface area contributed by atoms with Crippen molar-refractivity contribution < 1.29 is 42.2 Å². The van der Waals surface area contributed by atoms with E-state index in [0.717, 1.165) is 28.6 Å². The van der Waals surface area contributed by atoms with Gasteiger partial charge in [0, 0.05) is 10.7 Å². The molecule has 3 rings (SSSR count). The number of alkyl halides is 1. The Morgan fingerprint density at radius 1 is 1.41 bits per heavy atom. The maximum atomic E-state index is 15.4. The molecule has 0 aliphatic carbocycles. The third-order valence-corrected chi connectivity index (χ3v) is 7.59. The number of hydrogen-bond donors (Lipinski definition) is 2. The molecule has 6 atom stereocenters. The van der Waals surface area contributed by atoms with Gasteiger partial charge in [-0.15, -0.1) is 0 Å². The molecular formula is C21H25BrFN2O8P. The van der Waals surface area contributed by atoms with Crippen LogP contribution >= 0.6 is 23.7 Å². The number of halogens is 2. The topological polar surface area (TPSA) is 131 Å². The molecule has 1 amide bonds. The summed E-state index contributed by atoms with van der Waals surface area (Å²) in [5, 5.41) is 13.0. The lowest BCUT2D eigenvalue weighted by atomic mass is 9.97. The zero-order valence-electron chi connectivity index (χ0n) is 18.6. The molecule has 2 aliphatic rings. The Bertz CT molecular complexity index is 1030. The molecule has 2 aliphatic heterocycles. The summed E-state index contributed by atoms with van der Waals surface area (Å²) in [5.41, 5.74) is -2.43. The average molecular weight is 563 g/mol. The van der Waals surface area contributed by atoms with Crippen molar-refractivity contribution in [2.75, 3.05) is 6.61 Å². The second-order valence-electron chi connectivity index (χ2n) is 8.18. The van der Waals surface area contributed by atoms with Crippen LogP contribution in [0.2, 0.25) is 0 Å². The number of aliphatic hydroxyl groups excluding tert-OH is 1. The molecule has 1 aromatic rings. The number of carbonyl (C=O) groups is 3. The van der Waals surface area contributed by atoms with Gasteiger partial charge in [0.15, 0.2) is 17.7 Å². The zero-order valence-corrected chi connectivity index (χ0v) is 21.1. The summed E-state index contributed by atoms with van der Waals surface area (Å²) in [6, 6.07) is 5.43. The second kappa shape index (κ2) is 10.3. The number of Topliss-reactive ketones (excluding diaryl/α,β-unsaturated/α-hetero) is 1. The summed E-state index contributed by atoms with van der Waals surface area (Å²) >= 11 is 3.28. The van der Waals surface area contributed by atoms with Gasteiger partial charge in [-0.25, -0.2) is 14.0 Å². The van der Waals surface area contributed by atoms with Crippen LogP contribution < -0.4 is 9.61 Å². The summed E-state index contributed by atoms with van der Waals surface area (Å²) in [6.45, 7) is 3.22. The highest BCUT2D eigenvalue weighted by atomic mass is 79.9. The lowest BCUT2D eigenvalue weighted by molar-refractivity contribution is -0.150. The minimum absolute atomic E-state index is 0.171. The molecule has 10 nitrogen and oxygen atoms in total. The highest BCUT2D eigenvalue weighted by Crippen LogP contribution is 2.47. The van der Waals surface area contributed by atoms with Crippen LogP contribution in [0, 0.1) is 0 Å². The number of ether oxygens (including phenoxy) is 1. The summed E-state index contributed by atoms with van der Waals surface area (Å²) in [7, 11) is -4.20. The highest BCUT2D eigenvalue weighted by Gasteiger charge is 2.57. The van der Waals surface area contributed by atoms with Gasteiger partial charge in [0.2, 0.25) is 5.91 Å². The maximum Gasteiger partial charge on any atom is 0.459 e. The van der Waals surface area contributed by atoms with Crippen molar-refractivity contribution in [3.05, 3.63) is 41.0 Å². The Morgan fingerprint density at radius 3 is 2.65 bits per heavy atom. The third kappa shape index (κ3) is 5.99. The number of amides is 1. The number of ketones is 2. The number of nitrogens with zero attached hydrogens (tertiary/aromatic N) is 1. The Hall–Kier alpha value is -1.95. The minimum atomic E-state index is -4.20. The molecule has 0 aromatic heterocycles. The van der Waals surface area contributed by atoms with E-state index in [9.17, 15) is 24.1 Å². The standard InChI is InChI=1S/C21H25BrFN2O8P/c1-12(13(2)26)24-34(30,33-16-6-4-14(22)5-7-16)31-11-17-19(29)21(3,23)20(32-17)25-9-8-15(27)10-18(25)28/h4-9,12,17,19-20,29H,10-11H2,1-3H3,(H,24,30)/t12-,17+,19+,20+,21+,34?/m0/s1. The van der Waals surface area contributed by atoms with Gasteiger partial charge in [0.05, 0.1) is 19.1 Å². The molecule has 2 heterocycles. The first-order valence-electron chi connectivity index (χ1n) is 10.3. The van der Waals surface area contributed by atoms with Gasteiger partial charge in [-0.05, 0) is 51.1 Å². The molecule has 1 unspecified atom stereocenters. The van der Waals surface area contributed by atoms with E-state index >= 15 is 4.39 Å². The summed E-state index contributed by atoms with van der Waals surface area (Å²) in [6.07, 6.45) is -2.87. The fourth-order valence-electron chi connectivity index (χ4n) is 3.33. The van der Waals surface area contributed by atoms with Crippen LogP contribution in [0.3, 0.4) is 0 Å². The van der Waals surface area contributed by atoms with Gasteiger partial charge in [-0.2, -0.15) is 0 Å². The van der Waals surface area contributed by atoms with Crippen LogP contribution in [0.1, 0.15) is 27.2 Å². The van der Waals surface area contributed by atoms with Gasteiger partial charge in [0.25, 0.3) is 0 Å². The molecule has 34 heavy (non-hydrogen) atoms. The van der Waals surface area contributed by atoms with E-state index in [-0.39, 0.29) is 11.5 Å². The van der Waals surface area contributed by atoms with Crippen LogP contribution in [-0.4, -0.2) is 64.2 Å². The lowest BCUT2D eigenvalue weighted by Gasteiger charge is -2.32. The Morgan fingerprint density at radius 2 is 2.06 bits per heavy atom. The lowest BCUT2D eigenvalue weighted by Crippen LogP contribution is -2.51. The third-order valence-electron chi connectivity index (χ3n) is 5.41. The van der Waals surface area contributed by atoms with Crippen LogP contribution in [0.5, 0.6) is 5.75 Å². The normalized spacial score (nSPS) is 29.7. The monoisotopic (exact) mass is 562 g/mol. The summed E-state index contributed by atoms with van der Waals surface area (Å²) in [5.74, 6) is -1.28. The van der Waals surface area contributed by atoms with Crippen molar-refractivity contribution in [2.24, 2.45) is 0 Å². The van der Waals surface area contributed by atoms with Gasteiger partial charge in [-0.3, -0.25) is 23.8 Å². The Labute approximate surface area is 204 Å². The molecular weight excluding hydrogens is 538 g/mol. The van der Waals surface area contributed by atoms with Crippen LogP contribution in [-0.2, 0) is 28.2 Å². The van der Waals surface area contributed by atoms with E-state index in [0.29, 0.717) is 0 Å². The molecule has 1 aromatic carbocycles. The number of aliphatic hydroxyl groups is 1. The summed E-state index contributed by atoms with van der Waals surface area (Å²) in [4.78, 5) is 36.2. The molecule has 0 bridgehead atoms. The molecule has 0 saturated carbocycles. The van der Waals surface area contributed by atoms with Crippen LogP contribution in [0.4, 0.5) is 4.39 Å².